The van der Waals surface area contributed by atoms with Gasteiger partial charge in [0.25, 0.3) is 0 Å². The van der Waals surface area contributed by atoms with E-state index in [-0.39, 0.29) is 0 Å². The first kappa shape index (κ1) is 8.27. The monoisotopic (exact) mass is 166 g/mol. The summed E-state index contributed by atoms with van der Waals surface area (Å²) in [4.78, 5) is 2.47. The summed E-state index contributed by atoms with van der Waals surface area (Å²) in [5.74, 6) is 0. The molecule has 1 N–H and O–H groups in total. The molecule has 68 valence electrons. The van der Waals surface area contributed by atoms with Gasteiger partial charge in [-0.05, 0) is 19.4 Å². The van der Waals surface area contributed by atoms with E-state index in [9.17, 15) is 0 Å². The zero-order valence-corrected chi connectivity index (χ0v) is 7.68. The molecule has 2 heterocycles. The maximum Gasteiger partial charge on any atom is 0.0161 e. The van der Waals surface area contributed by atoms with Gasteiger partial charge >= 0.3 is 0 Å². The first-order valence-corrected chi connectivity index (χ1v) is 4.89. The topological polar surface area (TPSA) is 15.3 Å². The SMILES string of the molecule is C=CCN1CC2(CCCNC2)C1. The van der Waals surface area contributed by atoms with Crippen molar-refractivity contribution < 1.29 is 0 Å². The van der Waals surface area contributed by atoms with Crippen molar-refractivity contribution >= 4 is 0 Å². The molecule has 2 aliphatic heterocycles. The second-order valence-corrected chi connectivity index (χ2v) is 4.24. The van der Waals surface area contributed by atoms with Crippen molar-refractivity contribution in [3.8, 4) is 0 Å². The van der Waals surface area contributed by atoms with Crippen LogP contribution in [-0.4, -0.2) is 37.6 Å². The smallest absolute Gasteiger partial charge is 0.0161 e. The molecule has 0 aromatic carbocycles. The Balaban J connectivity index is 1.80. The molecule has 2 nitrogen and oxygen atoms in total. The van der Waals surface area contributed by atoms with Crippen LogP contribution >= 0.6 is 0 Å². The molecule has 2 heteroatoms. The van der Waals surface area contributed by atoms with Crippen LogP contribution < -0.4 is 5.32 Å². The van der Waals surface area contributed by atoms with E-state index >= 15 is 0 Å². The summed E-state index contributed by atoms with van der Waals surface area (Å²) < 4.78 is 0. The summed E-state index contributed by atoms with van der Waals surface area (Å²) in [7, 11) is 0. The standard InChI is InChI=1S/C10H18N2/c1-2-6-12-8-10(9-12)4-3-5-11-7-10/h2,11H,1,3-9H2. The van der Waals surface area contributed by atoms with Gasteiger partial charge in [-0.3, -0.25) is 4.90 Å². The van der Waals surface area contributed by atoms with E-state index in [2.05, 4.69) is 16.8 Å². The third-order valence-electron chi connectivity index (χ3n) is 3.07. The molecule has 12 heavy (non-hydrogen) atoms. The molecule has 1 spiro atoms. The second-order valence-electron chi connectivity index (χ2n) is 4.24. The molecule has 0 unspecified atom stereocenters. The Labute approximate surface area is 74.6 Å². The third kappa shape index (κ3) is 1.41. The molecular weight excluding hydrogens is 148 g/mol. The molecule has 2 aliphatic rings. The zero-order valence-electron chi connectivity index (χ0n) is 7.68. The molecular formula is C10H18N2. The number of likely N-dealkylation sites (tertiary alicyclic amines) is 1. The minimum atomic E-state index is 0.640. The molecule has 2 saturated heterocycles. The Hall–Kier alpha value is -0.340. The highest BCUT2D eigenvalue weighted by Crippen LogP contribution is 2.35. The largest absolute Gasteiger partial charge is 0.316 e. The fraction of sp³-hybridized carbons (Fsp3) is 0.800. The van der Waals surface area contributed by atoms with Gasteiger partial charge in [-0.1, -0.05) is 6.08 Å². The highest BCUT2D eigenvalue weighted by Gasteiger charge is 2.42. The Morgan fingerprint density at radius 2 is 2.33 bits per heavy atom. The molecule has 0 radical (unpaired) electrons. The van der Waals surface area contributed by atoms with Crippen molar-refractivity contribution in [2.75, 3.05) is 32.7 Å². The fourth-order valence-corrected chi connectivity index (χ4v) is 2.51. The average Bonchev–Trinajstić information content (AvgIpc) is 2.04. The van der Waals surface area contributed by atoms with Gasteiger partial charge in [-0.15, -0.1) is 6.58 Å². The predicted molar refractivity (Wildman–Crippen MR) is 51.2 cm³/mol. The van der Waals surface area contributed by atoms with E-state index in [0.717, 1.165) is 6.54 Å². The molecule has 0 bridgehead atoms. The molecule has 2 rings (SSSR count). The van der Waals surface area contributed by atoms with Gasteiger partial charge in [-0.2, -0.15) is 0 Å². The summed E-state index contributed by atoms with van der Waals surface area (Å²) in [5.41, 5.74) is 0.640. The number of nitrogens with one attached hydrogen (secondary N) is 1. The number of rotatable bonds is 2. The predicted octanol–water partition coefficient (Wildman–Crippen LogP) is 0.858. The molecule has 0 aliphatic carbocycles. The quantitative estimate of drug-likeness (QED) is 0.612. The van der Waals surface area contributed by atoms with Gasteiger partial charge in [0.15, 0.2) is 0 Å². The van der Waals surface area contributed by atoms with Crippen molar-refractivity contribution in [1.29, 1.82) is 0 Å². The molecule has 0 aromatic heterocycles. The second kappa shape index (κ2) is 3.19. The van der Waals surface area contributed by atoms with Crippen LogP contribution in [0.1, 0.15) is 12.8 Å². The zero-order chi connectivity index (χ0) is 8.44. The van der Waals surface area contributed by atoms with Crippen molar-refractivity contribution in [3.05, 3.63) is 12.7 Å². The minimum absolute atomic E-state index is 0.640. The first-order chi connectivity index (χ1) is 5.85. The highest BCUT2D eigenvalue weighted by atomic mass is 15.2. The van der Waals surface area contributed by atoms with E-state index in [1.54, 1.807) is 0 Å². The Morgan fingerprint density at radius 3 is 2.92 bits per heavy atom. The van der Waals surface area contributed by atoms with E-state index in [4.69, 9.17) is 0 Å². The minimum Gasteiger partial charge on any atom is -0.316 e. The van der Waals surface area contributed by atoms with Crippen LogP contribution in [0.4, 0.5) is 0 Å². The molecule has 0 saturated carbocycles. The van der Waals surface area contributed by atoms with Gasteiger partial charge in [0.05, 0.1) is 0 Å². The lowest BCUT2D eigenvalue weighted by molar-refractivity contribution is -0.00889. The Kier molecular flexibility index (Phi) is 2.20. The van der Waals surface area contributed by atoms with Crippen LogP contribution in [0.2, 0.25) is 0 Å². The van der Waals surface area contributed by atoms with Gasteiger partial charge in [0.1, 0.15) is 0 Å². The summed E-state index contributed by atoms with van der Waals surface area (Å²) in [6.45, 7) is 9.86. The van der Waals surface area contributed by atoms with Crippen LogP contribution in [0.25, 0.3) is 0 Å². The molecule has 0 atom stereocenters. The lowest BCUT2D eigenvalue weighted by Crippen LogP contribution is -2.62. The van der Waals surface area contributed by atoms with E-state index in [1.165, 1.54) is 39.0 Å². The third-order valence-corrected chi connectivity index (χ3v) is 3.07. The molecule has 0 aromatic rings. The maximum atomic E-state index is 3.76. The summed E-state index contributed by atoms with van der Waals surface area (Å²) in [6.07, 6.45) is 4.79. The van der Waals surface area contributed by atoms with Gasteiger partial charge in [0.2, 0.25) is 0 Å². The van der Waals surface area contributed by atoms with Crippen LogP contribution in [0, 0.1) is 5.41 Å². The van der Waals surface area contributed by atoms with E-state index in [0.29, 0.717) is 5.41 Å². The van der Waals surface area contributed by atoms with E-state index in [1.807, 2.05) is 6.08 Å². The number of piperidine rings is 1. The summed E-state index contributed by atoms with van der Waals surface area (Å²) >= 11 is 0. The van der Waals surface area contributed by atoms with Gasteiger partial charge < -0.3 is 5.32 Å². The van der Waals surface area contributed by atoms with Crippen molar-refractivity contribution in [3.63, 3.8) is 0 Å². The first-order valence-electron chi connectivity index (χ1n) is 4.89. The van der Waals surface area contributed by atoms with Gasteiger partial charge in [0, 0.05) is 31.6 Å². The number of hydrogen-bond donors (Lipinski definition) is 1. The van der Waals surface area contributed by atoms with Gasteiger partial charge in [-0.25, -0.2) is 0 Å². The molecule has 2 fully saturated rings. The van der Waals surface area contributed by atoms with Crippen LogP contribution in [0.3, 0.4) is 0 Å². The fourth-order valence-electron chi connectivity index (χ4n) is 2.51. The van der Waals surface area contributed by atoms with Crippen LogP contribution in [-0.2, 0) is 0 Å². The Bertz CT molecular complexity index is 163. The van der Waals surface area contributed by atoms with Crippen LogP contribution in [0.5, 0.6) is 0 Å². The lowest BCUT2D eigenvalue weighted by atomic mass is 9.74. The van der Waals surface area contributed by atoms with Crippen molar-refractivity contribution in [2.45, 2.75) is 12.8 Å². The van der Waals surface area contributed by atoms with Crippen molar-refractivity contribution in [2.24, 2.45) is 5.41 Å². The highest BCUT2D eigenvalue weighted by molar-refractivity contribution is 4.99. The maximum absolute atomic E-state index is 3.76. The number of hydrogen-bond acceptors (Lipinski definition) is 2. The van der Waals surface area contributed by atoms with Crippen molar-refractivity contribution in [1.82, 2.24) is 10.2 Å². The average molecular weight is 166 g/mol. The van der Waals surface area contributed by atoms with Crippen LogP contribution in [0.15, 0.2) is 12.7 Å². The summed E-state index contributed by atoms with van der Waals surface area (Å²) in [6, 6.07) is 0. The normalized spacial score (nSPS) is 28.3. The Morgan fingerprint density at radius 1 is 1.50 bits per heavy atom. The lowest BCUT2D eigenvalue weighted by Gasteiger charge is -2.52. The van der Waals surface area contributed by atoms with E-state index < -0.39 is 0 Å². The molecule has 0 amide bonds. The number of nitrogens with zero attached hydrogens (tertiary/aromatic N) is 1. The summed E-state index contributed by atoms with van der Waals surface area (Å²) in [5, 5.41) is 3.49.